The molecule has 1 fully saturated rings. The molecule has 132 valence electrons. The van der Waals surface area contributed by atoms with Crippen molar-refractivity contribution in [2.75, 3.05) is 44.2 Å². The molecule has 1 amide bonds. The van der Waals surface area contributed by atoms with Gasteiger partial charge in [0.1, 0.15) is 0 Å². The Kier molecular flexibility index (Phi) is 6.07. The van der Waals surface area contributed by atoms with Gasteiger partial charge in [0.2, 0.25) is 5.91 Å². The molecular weight excluding hydrogens is 310 g/mol. The Bertz CT molecular complexity index is 651. The number of likely N-dealkylation sites (N-methyl/N-ethyl adjacent to an activating group) is 1. The molecule has 0 radical (unpaired) electrons. The first kappa shape index (κ1) is 17.5. The lowest BCUT2D eigenvalue weighted by Crippen LogP contribution is -2.51. The smallest absolute Gasteiger partial charge is 0.242 e. The fourth-order valence-corrected chi connectivity index (χ4v) is 3.28. The normalized spacial score (nSPS) is 15.2. The van der Waals surface area contributed by atoms with Crippen LogP contribution in [0.1, 0.15) is 12.5 Å². The fraction of sp³-hybridized carbons (Fsp3) is 0.381. The minimum absolute atomic E-state index is 0.227. The Hall–Kier alpha value is -2.33. The van der Waals surface area contributed by atoms with E-state index in [-0.39, 0.29) is 5.91 Å². The molecule has 3 rings (SSSR count). The summed E-state index contributed by atoms with van der Waals surface area (Å²) in [5.74, 6) is 0.227. The highest BCUT2D eigenvalue weighted by atomic mass is 16.2. The zero-order chi connectivity index (χ0) is 17.5. The van der Waals surface area contributed by atoms with Gasteiger partial charge >= 0.3 is 0 Å². The van der Waals surface area contributed by atoms with Crippen LogP contribution in [-0.2, 0) is 11.3 Å². The fourth-order valence-electron chi connectivity index (χ4n) is 3.28. The number of carbonyl (C=O) groups excluding carboxylic acids is 1. The van der Waals surface area contributed by atoms with Crippen LogP contribution in [0.4, 0.5) is 5.69 Å². The third kappa shape index (κ3) is 4.83. The van der Waals surface area contributed by atoms with Crippen LogP contribution in [0, 0.1) is 0 Å². The van der Waals surface area contributed by atoms with E-state index in [1.165, 1.54) is 5.56 Å². The van der Waals surface area contributed by atoms with Crippen molar-refractivity contribution in [3.63, 3.8) is 0 Å². The molecule has 2 aromatic carbocycles. The highest BCUT2D eigenvalue weighted by Crippen LogP contribution is 2.14. The number of benzene rings is 2. The van der Waals surface area contributed by atoms with E-state index in [2.05, 4.69) is 53.1 Å². The number of rotatable bonds is 6. The number of carbonyl (C=O) groups is 1. The molecule has 0 saturated carbocycles. The minimum Gasteiger partial charge on any atom is -0.362 e. The van der Waals surface area contributed by atoms with Gasteiger partial charge < -0.3 is 9.80 Å². The molecule has 0 spiro atoms. The van der Waals surface area contributed by atoms with Crippen LogP contribution in [0.15, 0.2) is 60.7 Å². The van der Waals surface area contributed by atoms with E-state index in [0.29, 0.717) is 6.54 Å². The van der Waals surface area contributed by atoms with Crippen molar-refractivity contribution in [2.24, 2.45) is 0 Å². The van der Waals surface area contributed by atoms with Crippen LogP contribution in [0.2, 0.25) is 0 Å². The summed E-state index contributed by atoms with van der Waals surface area (Å²) < 4.78 is 0. The number of amides is 1. The van der Waals surface area contributed by atoms with Crippen molar-refractivity contribution < 1.29 is 4.79 Å². The summed E-state index contributed by atoms with van der Waals surface area (Å²) in [5.41, 5.74) is 2.45. The van der Waals surface area contributed by atoms with Gasteiger partial charge in [-0.25, -0.2) is 0 Å². The van der Waals surface area contributed by atoms with Gasteiger partial charge in [0.15, 0.2) is 0 Å². The first-order chi connectivity index (χ1) is 12.3. The molecule has 1 aliphatic rings. The standard InChI is InChI=1S/C21H27N3O/c1-2-23(20-11-7-4-8-12-20)18-21(25)24-15-13-22(14-16-24)17-19-9-5-3-6-10-19/h3-12H,2,13-18H2,1H3. The molecule has 2 aromatic rings. The summed E-state index contributed by atoms with van der Waals surface area (Å²) >= 11 is 0. The third-order valence-corrected chi connectivity index (χ3v) is 4.80. The van der Waals surface area contributed by atoms with Crippen molar-refractivity contribution in [1.82, 2.24) is 9.80 Å². The average Bonchev–Trinajstić information content (AvgIpc) is 2.68. The predicted molar refractivity (Wildman–Crippen MR) is 103 cm³/mol. The Morgan fingerprint density at radius 2 is 1.52 bits per heavy atom. The lowest BCUT2D eigenvalue weighted by atomic mass is 10.2. The summed E-state index contributed by atoms with van der Waals surface area (Å²) in [6.45, 7) is 7.88. The third-order valence-electron chi connectivity index (χ3n) is 4.80. The van der Waals surface area contributed by atoms with Crippen LogP contribution in [-0.4, -0.2) is 55.0 Å². The lowest BCUT2D eigenvalue weighted by molar-refractivity contribution is -0.131. The maximum Gasteiger partial charge on any atom is 0.242 e. The Labute approximate surface area is 150 Å². The highest BCUT2D eigenvalue weighted by Gasteiger charge is 2.22. The molecular formula is C21H27N3O. The molecule has 1 saturated heterocycles. The molecule has 1 aliphatic heterocycles. The van der Waals surface area contributed by atoms with Crippen LogP contribution >= 0.6 is 0 Å². The van der Waals surface area contributed by atoms with E-state index in [4.69, 9.17) is 0 Å². The topological polar surface area (TPSA) is 26.8 Å². The van der Waals surface area contributed by atoms with Crippen LogP contribution in [0.25, 0.3) is 0 Å². The largest absolute Gasteiger partial charge is 0.362 e. The van der Waals surface area contributed by atoms with E-state index >= 15 is 0 Å². The first-order valence-electron chi connectivity index (χ1n) is 9.10. The quantitative estimate of drug-likeness (QED) is 0.811. The molecule has 0 unspecified atom stereocenters. The molecule has 0 atom stereocenters. The maximum absolute atomic E-state index is 12.7. The molecule has 4 nitrogen and oxygen atoms in total. The van der Waals surface area contributed by atoms with Crippen LogP contribution < -0.4 is 4.90 Å². The zero-order valence-electron chi connectivity index (χ0n) is 15.0. The molecule has 4 heteroatoms. The number of anilines is 1. The van der Waals surface area contributed by atoms with E-state index in [1.807, 2.05) is 29.2 Å². The molecule has 0 aliphatic carbocycles. The Morgan fingerprint density at radius 3 is 2.12 bits per heavy atom. The maximum atomic E-state index is 12.7. The van der Waals surface area contributed by atoms with E-state index in [0.717, 1.165) is 45.0 Å². The van der Waals surface area contributed by atoms with Crippen molar-refractivity contribution in [1.29, 1.82) is 0 Å². The molecule has 0 aromatic heterocycles. The van der Waals surface area contributed by atoms with Gasteiger partial charge in [-0.15, -0.1) is 0 Å². The lowest BCUT2D eigenvalue weighted by Gasteiger charge is -2.36. The summed E-state index contributed by atoms with van der Waals surface area (Å²) in [5, 5.41) is 0. The second-order valence-electron chi connectivity index (χ2n) is 6.49. The van der Waals surface area contributed by atoms with Crippen molar-refractivity contribution in [3.05, 3.63) is 66.2 Å². The summed E-state index contributed by atoms with van der Waals surface area (Å²) in [7, 11) is 0. The number of piperazine rings is 1. The van der Waals surface area contributed by atoms with E-state index < -0.39 is 0 Å². The zero-order valence-corrected chi connectivity index (χ0v) is 15.0. The first-order valence-corrected chi connectivity index (χ1v) is 9.10. The highest BCUT2D eigenvalue weighted by molar-refractivity contribution is 5.81. The molecule has 1 heterocycles. The number of para-hydroxylation sites is 1. The van der Waals surface area contributed by atoms with Crippen LogP contribution in [0.3, 0.4) is 0 Å². The monoisotopic (exact) mass is 337 g/mol. The summed E-state index contributed by atoms with van der Waals surface area (Å²) in [6, 6.07) is 20.7. The summed E-state index contributed by atoms with van der Waals surface area (Å²) in [6.07, 6.45) is 0. The van der Waals surface area contributed by atoms with Crippen LogP contribution in [0.5, 0.6) is 0 Å². The SMILES string of the molecule is CCN(CC(=O)N1CCN(Cc2ccccc2)CC1)c1ccccc1. The van der Waals surface area contributed by atoms with Crippen molar-refractivity contribution in [3.8, 4) is 0 Å². The summed E-state index contributed by atoms with van der Waals surface area (Å²) in [4.78, 5) is 19.2. The van der Waals surface area contributed by atoms with Gasteiger partial charge in [-0.3, -0.25) is 9.69 Å². The second kappa shape index (κ2) is 8.67. The molecule has 0 bridgehead atoms. The van der Waals surface area contributed by atoms with Crippen molar-refractivity contribution in [2.45, 2.75) is 13.5 Å². The Morgan fingerprint density at radius 1 is 0.920 bits per heavy atom. The molecule has 0 N–H and O–H groups in total. The van der Waals surface area contributed by atoms with Gasteiger partial charge in [-0.1, -0.05) is 48.5 Å². The minimum atomic E-state index is 0.227. The number of hydrogen-bond acceptors (Lipinski definition) is 3. The number of hydrogen-bond donors (Lipinski definition) is 0. The van der Waals surface area contributed by atoms with Gasteiger partial charge in [-0.2, -0.15) is 0 Å². The van der Waals surface area contributed by atoms with Crippen molar-refractivity contribution >= 4 is 11.6 Å². The molecule has 25 heavy (non-hydrogen) atoms. The van der Waals surface area contributed by atoms with Gasteiger partial charge in [0.25, 0.3) is 0 Å². The Balaban J connectivity index is 1.49. The second-order valence-corrected chi connectivity index (χ2v) is 6.49. The average molecular weight is 337 g/mol. The van der Waals surface area contributed by atoms with E-state index in [9.17, 15) is 4.79 Å². The van der Waals surface area contributed by atoms with E-state index in [1.54, 1.807) is 0 Å². The van der Waals surface area contributed by atoms with Gasteiger partial charge in [0.05, 0.1) is 6.54 Å². The predicted octanol–water partition coefficient (Wildman–Crippen LogP) is 2.86. The van der Waals surface area contributed by atoms with Gasteiger partial charge in [-0.05, 0) is 24.6 Å². The number of nitrogens with zero attached hydrogens (tertiary/aromatic N) is 3. The van der Waals surface area contributed by atoms with Gasteiger partial charge in [0, 0.05) is 45.0 Å².